The molecule has 2 aromatic rings. The molecular weight excluding hydrogens is 517 g/mol. The van der Waals surface area contributed by atoms with Gasteiger partial charge >= 0.3 is 0 Å². The molecule has 0 spiro atoms. The normalized spacial score (nSPS) is 16.0. The summed E-state index contributed by atoms with van der Waals surface area (Å²) >= 11 is 6.10. The molecule has 1 aliphatic rings. The van der Waals surface area contributed by atoms with Gasteiger partial charge in [-0.2, -0.15) is 0 Å². The Hall–Kier alpha value is -1.71. The second kappa shape index (κ2) is 12.9. The van der Waals surface area contributed by atoms with Gasteiger partial charge in [0.05, 0.1) is 24.8 Å². The van der Waals surface area contributed by atoms with Crippen molar-refractivity contribution in [2.24, 2.45) is 4.99 Å². The molecule has 6 nitrogen and oxygen atoms in total. The number of para-hydroxylation sites is 1. The van der Waals surface area contributed by atoms with E-state index in [1.165, 1.54) is 5.56 Å². The zero-order chi connectivity index (χ0) is 20.5. The molecule has 0 bridgehead atoms. The number of aliphatic imine (C=N–C) groups is 1. The molecule has 0 saturated carbocycles. The molecule has 30 heavy (non-hydrogen) atoms. The Labute approximate surface area is 200 Å². The lowest BCUT2D eigenvalue weighted by Gasteiger charge is -2.18. The molecule has 0 aliphatic carbocycles. The molecule has 164 valence electrons. The van der Waals surface area contributed by atoms with Crippen LogP contribution in [0.5, 0.6) is 11.5 Å². The third-order valence-corrected chi connectivity index (χ3v) is 4.88. The quantitative estimate of drug-likeness (QED) is 0.226. The van der Waals surface area contributed by atoms with Gasteiger partial charge in [0.1, 0.15) is 24.2 Å². The Morgan fingerprint density at radius 2 is 2.03 bits per heavy atom. The summed E-state index contributed by atoms with van der Waals surface area (Å²) in [7, 11) is 1.74. The standard InChI is InChI=1S/C22H28ClN3O3.HI/c1-16-7-8-17(21(13-16)29-18-9-11-27-15-18)14-26-22(24-2)25-10-12-28-20-6-4-3-5-19(20)23;/h3-8,13,18H,9-12,14-15H2,1-2H3,(H2,24,25,26);1H. The summed E-state index contributed by atoms with van der Waals surface area (Å²) in [6.45, 7) is 5.15. The SMILES string of the molecule is CN=C(NCCOc1ccccc1Cl)NCc1ccc(C)cc1OC1CCOC1.I. The molecule has 1 unspecified atom stereocenters. The summed E-state index contributed by atoms with van der Waals surface area (Å²) in [6.07, 6.45) is 1.05. The summed E-state index contributed by atoms with van der Waals surface area (Å²) in [5.74, 6) is 2.27. The number of hydrogen-bond acceptors (Lipinski definition) is 4. The lowest BCUT2D eigenvalue weighted by Crippen LogP contribution is -2.39. The topological polar surface area (TPSA) is 64.1 Å². The highest BCUT2D eigenvalue weighted by Crippen LogP contribution is 2.24. The summed E-state index contributed by atoms with van der Waals surface area (Å²) in [5, 5.41) is 7.18. The van der Waals surface area contributed by atoms with Gasteiger partial charge in [0.2, 0.25) is 0 Å². The van der Waals surface area contributed by atoms with Gasteiger partial charge in [0.15, 0.2) is 5.96 Å². The minimum Gasteiger partial charge on any atom is -0.490 e. The minimum absolute atomic E-state index is 0. The second-order valence-corrected chi connectivity index (χ2v) is 7.25. The predicted octanol–water partition coefficient (Wildman–Crippen LogP) is 4.18. The van der Waals surface area contributed by atoms with Crippen LogP contribution in [-0.2, 0) is 11.3 Å². The number of aryl methyl sites for hydroxylation is 1. The van der Waals surface area contributed by atoms with E-state index in [4.69, 9.17) is 25.8 Å². The molecule has 1 saturated heterocycles. The van der Waals surface area contributed by atoms with Crippen LogP contribution in [0.1, 0.15) is 17.5 Å². The van der Waals surface area contributed by atoms with Crippen LogP contribution in [0.4, 0.5) is 0 Å². The highest BCUT2D eigenvalue weighted by molar-refractivity contribution is 14.0. The van der Waals surface area contributed by atoms with Gasteiger partial charge in [0.25, 0.3) is 0 Å². The third kappa shape index (κ3) is 7.52. The maximum atomic E-state index is 6.15. The Balaban J connectivity index is 0.00000320. The van der Waals surface area contributed by atoms with E-state index in [-0.39, 0.29) is 30.1 Å². The van der Waals surface area contributed by atoms with E-state index in [2.05, 4.69) is 40.7 Å². The highest BCUT2D eigenvalue weighted by atomic mass is 127. The van der Waals surface area contributed by atoms with Gasteiger partial charge < -0.3 is 24.8 Å². The average molecular weight is 546 g/mol. The first-order valence-corrected chi connectivity index (χ1v) is 10.2. The highest BCUT2D eigenvalue weighted by Gasteiger charge is 2.18. The summed E-state index contributed by atoms with van der Waals surface area (Å²) in [6, 6.07) is 13.7. The summed E-state index contributed by atoms with van der Waals surface area (Å²) in [5.41, 5.74) is 2.25. The maximum Gasteiger partial charge on any atom is 0.191 e. The summed E-state index contributed by atoms with van der Waals surface area (Å²) in [4.78, 5) is 4.27. The van der Waals surface area contributed by atoms with E-state index in [0.717, 1.165) is 24.3 Å². The van der Waals surface area contributed by atoms with E-state index in [1.54, 1.807) is 7.05 Å². The van der Waals surface area contributed by atoms with Crippen molar-refractivity contribution in [3.63, 3.8) is 0 Å². The summed E-state index contributed by atoms with van der Waals surface area (Å²) < 4.78 is 17.3. The Morgan fingerprint density at radius 3 is 2.77 bits per heavy atom. The molecule has 1 aliphatic heterocycles. The molecular formula is C22H29ClIN3O3. The molecule has 1 heterocycles. The fourth-order valence-corrected chi connectivity index (χ4v) is 3.18. The van der Waals surface area contributed by atoms with Crippen LogP contribution in [0.15, 0.2) is 47.5 Å². The predicted molar refractivity (Wildman–Crippen MR) is 132 cm³/mol. The van der Waals surface area contributed by atoms with Crippen molar-refractivity contribution in [3.8, 4) is 11.5 Å². The molecule has 1 atom stereocenters. The van der Waals surface area contributed by atoms with Crippen LogP contribution in [0.2, 0.25) is 5.02 Å². The smallest absolute Gasteiger partial charge is 0.191 e. The van der Waals surface area contributed by atoms with Gasteiger partial charge in [-0.25, -0.2) is 0 Å². The molecule has 1 fully saturated rings. The number of guanidine groups is 1. The van der Waals surface area contributed by atoms with Crippen molar-refractivity contribution in [2.75, 3.05) is 33.4 Å². The lowest BCUT2D eigenvalue weighted by atomic mass is 10.1. The van der Waals surface area contributed by atoms with E-state index >= 15 is 0 Å². The molecule has 0 amide bonds. The van der Waals surface area contributed by atoms with E-state index in [1.807, 2.05) is 24.3 Å². The second-order valence-electron chi connectivity index (χ2n) is 6.85. The fraction of sp³-hybridized carbons (Fsp3) is 0.409. The van der Waals surface area contributed by atoms with Crippen molar-refractivity contribution < 1.29 is 14.2 Å². The Morgan fingerprint density at radius 1 is 1.20 bits per heavy atom. The van der Waals surface area contributed by atoms with Crippen molar-refractivity contribution in [2.45, 2.75) is 26.0 Å². The Kier molecular flexibility index (Phi) is 10.5. The van der Waals surface area contributed by atoms with Crippen LogP contribution in [0, 0.1) is 6.92 Å². The van der Waals surface area contributed by atoms with Crippen LogP contribution >= 0.6 is 35.6 Å². The number of benzene rings is 2. The number of rotatable bonds is 8. The largest absolute Gasteiger partial charge is 0.490 e. The van der Waals surface area contributed by atoms with E-state index in [9.17, 15) is 0 Å². The third-order valence-electron chi connectivity index (χ3n) is 4.56. The minimum atomic E-state index is 0. The molecule has 0 aromatic heterocycles. The Bertz CT molecular complexity index is 829. The van der Waals surface area contributed by atoms with Crippen molar-refractivity contribution >= 4 is 41.5 Å². The number of nitrogens with zero attached hydrogens (tertiary/aromatic N) is 1. The zero-order valence-corrected chi connectivity index (χ0v) is 20.4. The fourth-order valence-electron chi connectivity index (χ4n) is 2.99. The molecule has 0 radical (unpaired) electrons. The van der Waals surface area contributed by atoms with Crippen molar-refractivity contribution in [1.82, 2.24) is 10.6 Å². The number of halogens is 2. The van der Waals surface area contributed by atoms with Gasteiger partial charge in [0, 0.05) is 25.6 Å². The van der Waals surface area contributed by atoms with Crippen LogP contribution in [0.3, 0.4) is 0 Å². The first-order valence-electron chi connectivity index (χ1n) is 9.81. The van der Waals surface area contributed by atoms with Crippen LogP contribution < -0.4 is 20.1 Å². The van der Waals surface area contributed by atoms with Gasteiger partial charge in [-0.3, -0.25) is 4.99 Å². The average Bonchev–Trinajstić information content (AvgIpc) is 3.23. The molecule has 8 heteroatoms. The number of ether oxygens (including phenoxy) is 3. The van der Waals surface area contributed by atoms with E-state index < -0.39 is 0 Å². The first kappa shape index (κ1) is 24.6. The first-order chi connectivity index (χ1) is 14.2. The number of hydrogen-bond donors (Lipinski definition) is 2. The molecule has 2 N–H and O–H groups in total. The maximum absolute atomic E-state index is 6.15. The van der Waals surface area contributed by atoms with Gasteiger partial charge in [-0.1, -0.05) is 35.9 Å². The molecule has 3 rings (SSSR count). The lowest BCUT2D eigenvalue weighted by molar-refractivity contribution is 0.140. The van der Waals surface area contributed by atoms with Crippen LogP contribution in [0.25, 0.3) is 0 Å². The van der Waals surface area contributed by atoms with E-state index in [0.29, 0.717) is 43.0 Å². The van der Waals surface area contributed by atoms with Gasteiger partial charge in [-0.05, 0) is 30.7 Å². The molecule has 2 aromatic carbocycles. The zero-order valence-electron chi connectivity index (χ0n) is 17.3. The monoisotopic (exact) mass is 545 g/mol. The van der Waals surface area contributed by atoms with Gasteiger partial charge in [-0.15, -0.1) is 24.0 Å². The number of nitrogens with one attached hydrogen (secondary N) is 2. The van der Waals surface area contributed by atoms with Crippen molar-refractivity contribution in [3.05, 3.63) is 58.6 Å². The van der Waals surface area contributed by atoms with Crippen LogP contribution in [-0.4, -0.2) is 45.5 Å². The van der Waals surface area contributed by atoms with Crippen molar-refractivity contribution in [1.29, 1.82) is 0 Å².